The Hall–Kier alpha value is -2.96. The zero-order valence-electron chi connectivity index (χ0n) is 18.5. The molecule has 3 aromatic carbocycles. The van der Waals surface area contributed by atoms with Gasteiger partial charge in [-0.3, -0.25) is 4.79 Å². The van der Waals surface area contributed by atoms with E-state index in [-0.39, 0.29) is 17.4 Å². The summed E-state index contributed by atoms with van der Waals surface area (Å²) in [5.74, 6) is 0.0159. The van der Waals surface area contributed by atoms with Crippen LogP contribution in [0.3, 0.4) is 0 Å². The molecule has 1 fully saturated rings. The summed E-state index contributed by atoms with van der Waals surface area (Å²) in [5, 5.41) is 3.25. The average molecular weight is 461 g/mol. The van der Waals surface area contributed by atoms with Gasteiger partial charge in [0.05, 0.1) is 17.4 Å². The molecule has 33 heavy (non-hydrogen) atoms. The summed E-state index contributed by atoms with van der Waals surface area (Å²) >= 11 is 0. The molecule has 1 unspecified atom stereocenters. The number of hydrogen-bond donors (Lipinski definition) is 1. The molecule has 1 N–H and O–H groups in total. The van der Waals surface area contributed by atoms with Crippen LogP contribution >= 0.6 is 0 Å². The highest BCUT2D eigenvalue weighted by atomic mass is 32.2. The van der Waals surface area contributed by atoms with Gasteiger partial charge in [-0.15, -0.1) is 0 Å². The Morgan fingerprint density at radius 2 is 1.48 bits per heavy atom. The van der Waals surface area contributed by atoms with Gasteiger partial charge in [-0.25, -0.2) is 8.42 Å². The lowest BCUT2D eigenvalue weighted by Crippen LogP contribution is -2.44. The van der Waals surface area contributed by atoms with Crippen LogP contribution in [0, 0.1) is 0 Å². The van der Waals surface area contributed by atoms with Crippen molar-refractivity contribution >= 4 is 15.9 Å². The van der Waals surface area contributed by atoms with Crippen molar-refractivity contribution in [1.82, 2.24) is 9.62 Å². The Morgan fingerprint density at radius 1 is 0.879 bits per heavy atom. The van der Waals surface area contributed by atoms with Gasteiger partial charge >= 0.3 is 0 Å². The summed E-state index contributed by atoms with van der Waals surface area (Å²) in [6, 6.07) is 26.7. The number of fused-ring (bicyclic) bond motifs is 2. The van der Waals surface area contributed by atoms with Gasteiger partial charge in [0.15, 0.2) is 0 Å². The Labute approximate surface area is 195 Å². The van der Waals surface area contributed by atoms with E-state index in [4.69, 9.17) is 0 Å². The van der Waals surface area contributed by atoms with Crippen LogP contribution in [0.1, 0.15) is 42.0 Å². The summed E-state index contributed by atoms with van der Waals surface area (Å²) < 4.78 is 27.8. The predicted molar refractivity (Wildman–Crippen MR) is 128 cm³/mol. The number of rotatable bonds is 5. The minimum Gasteiger partial charge on any atom is -0.349 e. The fourth-order valence-corrected chi connectivity index (χ4v) is 6.88. The molecule has 6 heteroatoms. The van der Waals surface area contributed by atoms with Gasteiger partial charge in [-0.05, 0) is 48.1 Å². The largest absolute Gasteiger partial charge is 0.349 e. The maximum atomic E-state index is 13.1. The van der Waals surface area contributed by atoms with Gasteiger partial charge in [0.25, 0.3) is 0 Å². The molecule has 1 aliphatic heterocycles. The Bertz CT molecular complexity index is 1230. The van der Waals surface area contributed by atoms with Crippen LogP contribution < -0.4 is 5.32 Å². The van der Waals surface area contributed by atoms with E-state index in [1.807, 2.05) is 48.5 Å². The molecule has 170 valence electrons. The number of carbonyl (C=O) groups excluding carboxylic acids is 1. The second-order valence-corrected chi connectivity index (χ2v) is 11.0. The fraction of sp³-hybridized carbons (Fsp3) is 0.296. The predicted octanol–water partition coefficient (Wildman–Crippen LogP) is 4.21. The van der Waals surface area contributed by atoms with Crippen LogP contribution in [-0.2, 0) is 26.7 Å². The standard InChI is InChI=1S/C27H28N2O3S/c30-26(19-21-9-3-1-4-10-21)28-25-20-27(24-14-8-7-13-23(24)25)15-17-29(18-16-27)33(31,32)22-11-5-2-6-12-22/h1-14,25H,15-20H2,(H,28,30). The van der Waals surface area contributed by atoms with Gasteiger partial charge < -0.3 is 5.32 Å². The van der Waals surface area contributed by atoms with Crippen molar-refractivity contribution < 1.29 is 13.2 Å². The van der Waals surface area contributed by atoms with Crippen LogP contribution in [0.15, 0.2) is 89.8 Å². The van der Waals surface area contributed by atoms with Gasteiger partial charge in [-0.1, -0.05) is 72.8 Å². The molecule has 5 nitrogen and oxygen atoms in total. The molecule has 5 rings (SSSR count). The van der Waals surface area contributed by atoms with Crippen molar-refractivity contribution in [3.05, 3.63) is 102 Å². The van der Waals surface area contributed by atoms with Crippen LogP contribution in [0.5, 0.6) is 0 Å². The van der Waals surface area contributed by atoms with Crippen molar-refractivity contribution in [3.8, 4) is 0 Å². The lowest BCUT2D eigenvalue weighted by Gasteiger charge is -2.39. The van der Waals surface area contributed by atoms with Crippen molar-refractivity contribution in [3.63, 3.8) is 0 Å². The number of benzene rings is 3. The molecular formula is C27H28N2O3S. The first-order valence-corrected chi connectivity index (χ1v) is 12.9. The van der Waals surface area contributed by atoms with Crippen LogP contribution in [0.4, 0.5) is 0 Å². The molecule has 3 aromatic rings. The van der Waals surface area contributed by atoms with Crippen LogP contribution in [-0.4, -0.2) is 31.7 Å². The number of nitrogens with one attached hydrogen (secondary N) is 1. The van der Waals surface area contributed by atoms with E-state index in [9.17, 15) is 13.2 Å². The average Bonchev–Trinajstić information content (AvgIpc) is 3.13. The van der Waals surface area contributed by atoms with E-state index in [1.54, 1.807) is 28.6 Å². The second-order valence-electron chi connectivity index (χ2n) is 9.07. The Morgan fingerprint density at radius 3 is 2.18 bits per heavy atom. The van der Waals surface area contributed by atoms with Gasteiger partial charge in [0, 0.05) is 18.5 Å². The lowest BCUT2D eigenvalue weighted by atomic mass is 9.74. The molecule has 1 saturated heterocycles. The van der Waals surface area contributed by atoms with E-state index in [1.165, 1.54) is 11.1 Å². The molecule has 1 amide bonds. The number of piperidine rings is 1. The van der Waals surface area contributed by atoms with E-state index >= 15 is 0 Å². The topological polar surface area (TPSA) is 66.5 Å². The summed E-state index contributed by atoms with van der Waals surface area (Å²) in [7, 11) is -3.49. The second kappa shape index (κ2) is 8.76. The minimum atomic E-state index is -3.49. The molecule has 2 aliphatic rings. The van der Waals surface area contributed by atoms with Crippen molar-refractivity contribution in [2.24, 2.45) is 0 Å². The minimum absolute atomic E-state index is 0.0159. The quantitative estimate of drug-likeness (QED) is 0.620. The molecular weight excluding hydrogens is 432 g/mol. The van der Waals surface area contributed by atoms with Gasteiger partial charge in [0.2, 0.25) is 15.9 Å². The van der Waals surface area contributed by atoms with Gasteiger partial charge in [0.1, 0.15) is 0 Å². The smallest absolute Gasteiger partial charge is 0.243 e. The first-order valence-electron chi connectivity index (χ1n) is 11.5. The lowest BCUT2D eigenvalue weighted by molar-refractivity contribution is -0.121. The summed E-state index contributed by atoms with van der Waals surface area (Å²) in [6.45, 7) is 0.965. The van der Waals surface area contributed by atoms with Crippen molar-refractivity contribution in [2.75, 3.05) is 13.1 Å². The van der Waals surface area contributed by atoms with Crippen LogP contribution in [0.25, 0.3) is 0 Å². The maximum Gasteiger partial charge on any atom is 0.243 e. The SMILES string of the molecule is O=C(Cc1ccccc1)NC1CC2(CCN(S(=O)(=O)c3ccccc3)CC2)c2ccccc21. The fourth-order valence-electron chi connectivity index (χ4n) is 5.42. The molecule has 1 heterocycles. The molecule has 1 atom stereocenters. The summed E-state index contributed by atoms with van der Waals surface area (Å²) in [6.07, 6.45) is 2.67. The number of amides is 1. The highest BCUT2D eigenvalue weighted by molar-refractivity contribution is 7.89. The first kappa shape index (κ1) is 21.9. The monoisotopic (exact) mass is 460 g/mol. The third kappa shape index (κ3) is 4.21. The number of hydrogen-bond acceptors (Lipinski definition) is 3. The molecule has 1 aliphatic carbocycles. The highest BCUT2D eigenvalue weighted by Crippen LogP contribution is 2.51. The third-order valence-electron chi connectivity index (χ3n) is 7.11. The molecule has 0 radical (unpaired) electrons. The Kier molecular flexibility index (Phi) is 5.81. The van der Waals surface area contributed by atoms with Crippen molar-refractivity contribution in [2.45, 2.75) is 42.0 Å². The van der Waals surface area contributed by atoms with Gasteiger partial charge in [-0.2, -0.15) is 4.31 Å². The normalized spacial score (nSPS) is 19.8. The zero-order chi connectivity index (χ0) is 22.9. The summed E-state index contributed by atoms with van der Waals surface area (Å²) in [5.41, 5.74) is 3.31. The number of carbonyl (C=O) groups is 1. The van der Waals surface area contributed by atoms with E-state index < -0.39 is 10.0 Å². The zero-order valence-corrected chi connectivity index (χ0v) is 19.3. The van der Waals surface area contributed by atoms with Crippen LogP contribution in [0.2, 0.25) is 0 Å². The molecule has 0 bridgehead atoms. The first-order chi connectivity index (χ1) is 16.0. The highest BCUT2D eigenvalue weighted by Gasteiger charge is 2.47. The maximum absolute atomic E-state index is 13.1. The van der Waals surface area contributed by atoms with E-state index in [2.05, 4.69) is 17.4 Å². The molecule has 1 spiro atoms. The summed E-state index contributed by atoms with van der Waals surface area (Å²) in [4.78, 5) is 13.1. The third-order valence-corrected chi connectivity index (χ3v) is 9.02. The van der Waals surface area contributed by atoms with E-state index in [0.717, 1.165) is 24.8 Å². The number of nitrogens with zero attached hydrogens (tertiary/aromatic N) is 1. The van der Waals surface area contributed by atoms with E-state index in [0.29, 0.717) is 24.4 Å². The van der Waals surface area contributed by atoms with Crippen molar-refractivity contribution in [1.29, 1.82) is 0 Å². The molecule has 0 saturated carbocycles. The Balaban J connectivity index is 1.32. The molecule has 0 aromatic heterocycles. The number of sulfonamides is 1.